The summed E-state index contributed by atoms with van der Waals surface area (Å²) in [5, 5.41) is 5.39. The molecule has 116 valence electrons. The number of alkyl halides is 3. The number of nitrogens with zero attached hydrogens (tertiary/aromatic N) is 1. The third-order valence-electron chi connectivity index (χ3n) is 4.06. The molecule has 0 aromatic carbocycles. The van der Waals surface area contributed by atoms with Crippen molar-refractivity contribution in [3.05, 3.63) is 0 Å². The molecule has 2 N–H and O–H groups in total. The molecule has 2 heterocycles. The second-order valence-electron chi connectivity index (χ2n) is 5.63. The first-order valence-electron chi connectivity index (χ1n) is 7.26. The minimum Gasteiger partial charge on any atom is -0.346 e. The predicted molar refractivity (Wildman–Crippen MR) is 69.3 cm³/mol. The number of nitrogens with one attached hydrogen (secondary N) is 2. The van der Waals surface area contributed by atoms with Crippen LogP contribution in [0.5, 0.6) is 0 Å². The van der Waals surface area contributed by atoms with Crippen LogP contribution in [-0.2, 0) is 4.79 Å². The van der Waals surface area contributed by atoms with Gasteiger partial charge in [0, 0.05) is 12.1 Å². The standard InChI is InChI=1S/C13H22F3N3O/c14-13(15,16)9-18-12(20)8-19-7-2-1-5-11(19)10-4-3-6-17-10/h10-11,17H,1-9H2,(H,18,20). The van der Waals surface area contributed by atoms with E-state index in [4.69, 9.17) is 0 Å². The summed E-state index contributed by atoms with van der Waals surface area (Å²) in [6.45, 7) is 0.614. The summed E-state index contributed by atoms with van der Waals surface area (Å²) >= 11 is 0. The molecule has 0 bridgehead atoms. The molecule has 2 aliphatic rings. The smallest absolute Gasteiger partial charge is 0.346 e. The van der Waals surface area contributed by atoms with Gasteiger partial charge in [0.2, 0.25) is 5.91 Å². The summed E-state index contributed by atoms with van der Waals surface area (Å²) in [5.41, 5.74) is 0. The average molecular weight is 293 g/mol. The van der Waals surface area contributed by atoms with E-state index in [1.54, 1.807) is 0 Å². The van der Waals surface area contributed by atoms with Gasteiger partial charge in [-0.15, -0.1) is 0 Å². The van der Waals surface area contributed by atoms with E-state index in [1.807, 2.05) is 10.2 Å². The van der Waals surface area contributed by atoms with Crippen LogP contribution < -0.4 is 10.6 Å². The van der Waals surface area contributed by atoms with Gasteiger partial charge in [-0.3, -0.25) is 9.69 Å². The number of rotatable bonds is 4. The van der Waals surface area contributed by atoms with E-state index in [2.05, 4.69) is 5.32 Å². The highest BCUT2D eigenvalue weighted by Crippen LogP contribution is 2.23. The van der Waals surface area contributed by atoms with Crippen LogP contribution in [0.2, 0.25) is 0 Å². The number of carbonyl (C=O) groups excluding carboxylic acids is 1. The van der Waals surface area contributed by atoms with Gasteiger partial charge in [-0.05, 0) is 38.8 Å². The van der Waals surface area contributed by atoms with Crippen molar-refractivity contribution in [3.63, 3.8) is 0 Å². The molecule has 0 saturated carbocycles. The Bertz CT molecular complexity index is 329. The fourth-order valence-corrected chi connectivity index (χ4v) is 3.15. The Hall–Kier alpha value is -0.820. The van der Waals surface area contributed by atoms with Gasteiger partial charge in [0.05, 0.1) is 6.54 Å². The minimum atomic E-state index is -4.34. The second kappa shape index (κ2) is 6.76. The van der Waals surface area contributed by atoms with Gasteiger partial charge in [-0.2, -0.15) is 13.2 Å². The van der Waals surface area contributed by atoms with Crippen LogP contribution in [-0.4, -0.2) is 55.2 Å². The molecule has 4 nitrogen and oxygen atoms in total. The Kier molecular flexibility index (Phi) is 5.26. The first-order chi connectivity index (χ1) is 9.46. The van der Waals surface area contributed by atoms with Gasteiger partial charge in [0.25, 0.3) is 0 Å². The number of hydrogen-bond donors (Lipinski definition) is 2. The summed E-state index contributed by atoms with van der Waals surface area (Å²) in [6.07, 6.45) is 1.04. The van der Waals surface area contributed by atoms with E-state index in [0.717, 1.165) is 45.2 Å². The maximum Gasteiger partial charge on any atom is 0.405 e. The van der Waals surface area contributed by atoms with Crippen molar-refractivity contribution in [2.75, 3.05) is 26.2 Å². The van der Waals surface area contributed by atoms with E-state index in [0.29, 0.717) is 6.04 Å². The zero-order valence-corrected chi connectivity index (χ0v) is 11.5. The van der Waals surface area contributed by atoms with Gasteiger partial charge < -0.3 is 10.6 Å². The largest absolute Gasteiger partial charge is 0.405 e. The molecule has 0 spiro atoms. The van der Waals surface area contributed by atoms with Crippen molar-refractivity contribution in [2.24, 2.45) is 0 Å². The van der Waals surface area contributed by atoms with Gasteiger partial charge in [0.15, 0.2) is 0 Å². The number of likely N-dealkylation sites (tertiary alicyclic amines) is 1. The van der Waals surface area contributed by atoms with Crippen LogP contribution in [0.25, 0.3) is 0 Å². The number of carbonyl (C=O) groups is 1. The zero-order chi connectivity index (χ0) is 14.6. The third kappa shape index (κ3) is 4.63. The lowest BCUT2D eigenvalue weighted by molar-refractivity contribution is -0.139. The molecule has 0 aromatic rings. The highest BCUT2D eigenvalue weighted by atomic mass is 19.4. The maximum atomic E-state index is 12.1. The molecule has 7 heteroatoms. The third-order valence-corrected chi connectivity index (χ3v) is 4.06. The Morgan fingerprint density at radius 2 is 2.05 bits per heavy atom. The molecular formula is C13H22F3N3O. The van der Waals surface area contributed by atoms with Crippen molar-refractivity contribution in [2.45, 2.75) is 50.4 Å². The predicted octanol–water partition coefficient (Wildman–Crippen LogP) is 1.27. The highest BCUT2D eigenvalue weighted by molar-refractivity contribution is 5.78. The molecule has 2 unspecified atom stereocenters. The summed E-state index contributed by atoms with van der Waals surface area (Å²) in [6, 6.07) is 0.661. The van der Waals surface area contributed by atoms with E-state index < -0.39 is 18.6 Å². The quantitative estimate of drug-likeness (QED) is 0.820. The Balaban J connectivity index is 1.83. The first-order valence-corrected chi connectivity index (χ1v) is 7.26. The maximum absolute atomic E-state index is 12.1. The van der Waals surface area contributed by atoms with E-state index in [1.165, 1.54) is 0 Å². The molecular weight excluding hydrogens is 271 g/mol. The zero-order valence-electron chi connectivity index (χ0n) is 11.5. The van der Waals surface area contributed by atoms with E-state index in [9.17, 15) is 18.0 Å². The Morgan fingerprint density at radius 3 is 2.70 bits per heavy atom. The summed E-state index contributed by atoms with van der Waals surface area (Å²) in [7, 11) is 0. The molecule has 0 aromatic heterocycles. The first kappa shape index (κ1) is 15.6. The minimum absolute atomic E-state index is 0.0684. The number of halogens is 3. The van der Waals surface area contributed by atoms with Gasteiger partial charge in [0.1, 0.15) is 6.54 Å². The summed E-state index contributed by atoms with van der Waals surface area (Å²) in [5.74, 6) is -0.535. The molecule has 2 rings (SSSR count). The lowest BCUT2D eigenvalue weighted by atomic mass is 9.94. The van der Waals surface area contributed by atoms with Gasteiger partial charge >= 0.3 is 6.18 Å². The van der Waals surface area contributed by atoms with Gasteiger partial charge in [-0.25, -0.2) is 0 Å². The molecule has 20 heavy (non-hydrogen) atoms. The van der Waals surface area contributed by atoms with E-state index in [-0.39, 0.29) is 12.6 Å². The number of amides is 1. The van der Waals surface area contributed by atoms with Crippen LogP contribution in [0.15, 0.2) is 0 Å². The average Bonchev–Trinajstić information content (AvgIpc) is 2.90. The van der Waals surface area contributed by atoms with Gasteiger partial charge in [-0.1, -0.05) is 6.42 Å². The van der Waals surface area contributed by atoms with Crippen molar-refractivity contribution in [1.82, 2.24) is 15.5 Å². The molecule has 2 aliphatic heterocycles. The summed E-state index contributed by atoms with van der Waals surface area (Å²) in [4.78, 5) is 13.7. The van der Waals surface area contributed by atoms with Crippen molar-refractivity contribution in [3.8, 4) is 0 Å². The fourth-order valence-electron chi connectivity index (χ4n) is 3.15. The van der Waals surface area contributed by atoms with E-state index >= 15 is 0 Å². The normalized spacial score (nSPS) is 28.6. The SMILES string of the molecule is O=C(CN1CCCCC1C1CCCN1)NCC(F)(F)F. The van der Waals surface area contributed by atoms with Crippen LogP contribution in [0, 0.1) is 0 Å². The highest BCUT2D eigenvalue weighted by Gasteiger charge is 2.33. The number of piperidine rings is 1. The number of hydrogen-bond acceptors (Lipinski definition) is 3. The Labute approximate surface area is 117 Å². The van der Waals surface area contributed by atoms with Crippen LogP contribution in [0.1, 0.15) is 32.1 Å². The molecule has 1 amide bonds. The molecule has 2 atom stereocenters. The fraction of sp³-hybridized carbons (Fsp3) is 0.923. The lowest BCUT2D eigenvalue weighted by Crippen LogP contribution is -2.53. The molecule has 2 fully saturated rings. The lowest BCUT2D eigenvalue weighted by Gasteiger charge is -2.38. The van der Waals surface area contributed by atoms with Crippen LogP contribution in [0.3, 0.4) is 0 Å². The Morgan fingerprint density at radius 1 is 1.25 bits per heavy atom. The topological polar surface area (TPSA) is 44.4 Å². The van der Waals surface area contributed by atoms with Crippen LogP contribution >= 0.6 is 0 Å². The summed E-state index contributed by atoms with van der Waals surface area (Å²) < 4.78 is 36.2. The second-order valence-corrected chi connectivity index (χ2v) is 5.63. The molecule has 0 aliphatic carbocycles. The molecule has 0 radical (unpaired) electrons. The monoisotopic (exact) mass is 293 g/mol. The van der Waals surface area contributed by atoms with Crippen molar-refractivity contribution >= 4 is 5.91 Å². The molecule has 2 saturated heterocycles. The van der Waals surface area contributed by atoms with Crippen LogP contribution in [0.4, 0.5) is 13.2 Å². The van der Waals surface area contributed by atoms with Crippen molar-refractivity contribution in [1.29, 1.82) is 0 Å². The van der Waals surface area contributed by atoms with Crippen molar-refractivity contribution < 1.29 is 18.0 Å².